The van der Waals surface area contributed by atoms with Crippen LogP contribution in [0.1, 0.15) is 11.1 Å². The lowest BCUT2D eigenvalue weighted by atomic mass is 10.0. The van der Waals surface area contributed by atoms with Crippen LogP contribution < -0.4 is 5.32 Å². The van der Waals surface area contributed by atoms with E-state index < -0.39 is 0 Å². The molecular weight excluding hydrogens is 252 g/mol. The highest BCUT2D eigenvalue weighted by molar-refractivity contribution is 5.27. The van der Waals surface area contributed by atoms with Gasteiger partial charge in [0.2, 0.25) is 0 Å². The number of rotatable bonds is 7. The number of nitrogens with one attached hydrogen (secondary N) is 1. The molecule has 0 amide bonds. The van der Waals surface area contributed by atoms with Gasteiger partial charge in [-0.25, -0.2) is 0 Å². The molecule has 0 spiro atoms. The van der Waals surface area contributed by atoms with Crippen molar-refractivity contribution in [3.8, 4) is 0 Å². The second-order valence-electron chi connectivity index (χ2n) is 5.36. The molecule has 0 aromatic heterocycles. The third kappa shape index (κ3) is 3.79. The summed E-state index contributed by atoms with van der Waals surface area (Å²) in [5, 5.41) is 3.22. The van der Waals surface area contributed by atoms with Gasteiger partial charge in [0.15, 0.2) is 0 Å². The minimum atomic E-state index is 0.185. The molecule has 2 rings (SSSR count). The van der Waals surface area contributed by atoms with Gasteiger partial charge in [-0.2, -0.15) is 0 Å². The van der Waals surface area contributed by atoms with E-state index in [1.807, 2.05) is 7.05 Å². The first-order valence-electron chi connectivity index (χ1n) is 7.27. The Bertz CT molecular complexity index is 399. The Morgan fingerprint density at radius 2 is 1.70 bits per heavy atom. The molecule has 1 aliphatic rings. The predicted molar refractivity (Wildman–Crippen MR) is 80.9 cm³/mol. The van der Waals surface area contributed by atoms with Crippen molar-refractivity contribution in [2.45, 2.75) is 25.2 Å². The van der Waals surface area contributed by atoms with Gasteiger partial charge in [0.05, 0.1) is 12.2 Å². The summed E-state index contributed by atoms with van der Waals surface area (Å²) < 4.78 is 11.0. The lowest BCUT2D eigenvalue weighted by molar-refractivity contribution is -0.00461. The van der Waals surface area contributed by atoms with Gasteiger partial charge in [-0.3, -0.25) is 4.90 Å². The smallest absolute Gasteiger partial charge is 0.0971 e. The number of hydrogen-bond acceptors (Lipinski definition) is 4. The Morgan fingerprint density at radius 3 is 2.25 bits per heavy atom. The second-order valence-corrected chi connectivity index (χ2v) is 5.36. The minimum absolute atomic E-state index is 0.185. The predicted octanol–water partition coefficient (Wildman–Crippen LogP) is 1.29. The summed E-state index contributed by atoms with van der Waals surface area (Å²) in [5.74, 6) is 0. The lowest BCUT2D eigenvalue weighted by Crippen LogP contribution is -2.27. The number of nitrogens with zero attached hydrogens (tertiary/aromatic N) is 1. The zero-order valence-corrected chi connectivity index (χ0v) is 12.8. The van der Waals surface area contributed by atoms with Crippen LogP contribution >= 0.6 is 0 Å². The normalized spacial score (nSPS) is 23.4. The number of hydrogen-bond donors (Lipinski definition) is 1. The summed E-state index contributed by atoms with van der Waals surface area (Å²) in [6.45, 7) is 3.86. The molecule has 2 atom stereocenters. The van der Waals surface area contributed by atoms with Gasteiger partial charge in [-0.05, 0) is 31.1 Å². The van der Waals surface area contributed by atoms with Gasteiger partial charge >= 0.3 is 0 Å². The highest BCUT2D eigenvalue weighted by Crippen LogP contribution is 2.20. The number of methoxy groups -OCH3 is 2. The number of benzene rings is 1. The Kier molecular flexibility index (Phi) is 5.98. The van der Waals surface area contributed by atoms with Crippen molar-refractivity contribution in [2.75, 3.05) is 40.9 Å². The molecule has 112 valence electrons. The fourth-order valence-electron chi connectivity index (χ4n) is 2.86. The van der Waals surface area contributed by atoms with E-state index in [0.29, 0.717) is 0 Å². The van der Waals surface area contributed by atoms with Crippen molar-refractivity contribution in [1.29, 1.82) is 0 Å². The lowest BCUT2D eigenvalue weighted by Gasteiger charge is -2.18. The molecule has 1 aliphatic heterocycles. The molecule has 0 aliphatic carbocycles. The summed E-state index contributed by atoms with van der Waals surface area (Å²) in [6, 6.07) is 8.70. The fourth-order valence-corrected chi connectivity index (χ4v) is 2.86. The van der Waals surface area contributed by atoms with Crippen LogP contribution in [0.4, 0.5) is 0 Å². The van der Waals surface area contributed by atoms with E-state index in [4.69, 9.17) is 9.47 Å². The first kappa shape index (κ1) is 15.4. The molecular formula is C16H26N2O2. The maximum absolute atomic E-state index is 5.50. The summed E-state index contributed by atoms with van der Waals surface area (Å²) in [6.07, 6.45) is 1.44. The van der Waals surface area contributed by atoms with Gasteiger partial charge in [-0.15, -0.1) is 0 Å². The first-order chi connectivity index (χ1) is 9.78. The molecule has 0 saturated carbocycles. The molecule has 0 bridgehead atoms. The Morgan fingerprint density at radius 1 is 1.10 bits per heavy atom. The van der Waals surface area contributed by atoms with Crippen molar-refractivity contribution < 1.29 is 9.47 Å². The summed E-state index contributed by atoms with van der Waals surface area (Å²) in [4.78, 5) is 2.42. The quantitative estimate of drug-likeness (QED) is 0.815. The van der Waals surface area contributed by atoms with E-state index in [-0.39, 0.29) is 12.2 Å². The van der Waals surface area contributed by atoms with E-state index >= 15 is 0 Å². The molecule has 1 fully saturated rings. The molecule has 1 aromatic rings. The summed E-state index contributed by atoms with van der Waals surface area (Å²) in [7, 11) is 5.53. The van der Waals surface area contributed by atoms with Crippen LogP contribution in [0.5, 0.6) is 0 Å². The largest absolute Gasteiger partial charge is 0.377 e. The SMILES string of the molecule is CNCCc1ccccc1CN1CC(OC)C(OC)C1. The van der Waals surface area contributed by atoms with Crippen molar-refractivity contribution in [3.63, 3.8) is 0 Å². The van der Waals surface area contributed by atoms with Crippen LogP contribution in [0.3, 0.4) is 0 Å². The first-order valence-corrected chi connectivity index (χ1v) is 7.27. The Balaban J connectivity index is 2.00. The van der Waals surface area contributed by atoms with E-state index in [1.165, 1.54) is 11.1 Å². The Hall–Kier alpha value is -0.940. The Labute approximate surface area is 122 Å². The topological polar surface area (TPSA) is 33.7 Å². The molecule has 2 unspecified atom stereocenters. The number of likely N-dealkylation sites (N-methyl/N-ethyl adjacent to an activating group) is 1. The van der Waals surface area contributed by atoms with Crippen molar-refractivity contribution >= 4 is 0 Å². The third-order valence-corrected chi connectivity index (χ3v) is 4.05. The van der Waals surface area contributed by atoms with Crippen LogP contribution in [-0.4, -0.2) is 58.0 Å². The van der Waals surface area contributed by atoms with Crippen LogP contribution in [-0.2, 0) is 22.4 Å². The molecule has 20 heavy (non-hydrogen) atoms. The third-order valence-electron chi connectivity index (χ3n) is 4.05. The summed E-state index contributed by atoms with van der Waals surface area (Å²) in [5.41, 5.74) is 2.84. The average Bonchev–Trinajstić information content (AvgIpc) is 2.88. The van der Waals surface area contributed by atoms with Gasteiger partial charge < -0.3 is 14.8 Å². The molecule has 1 N–H and O–H groups in total. The number of likely N-dealkylation sites (tertiary alicyclic amines) is 1. The molecule has 4 nitrogen and oxygen atoms in total. The molecule has 1 heterocycles. The summed E-state index contributed by atoms with van der Waals surface area (Å²) >= 11 is 0. The minimum Gasteiger partial charge on any atom is -0.377 e. The van der Waals surface area contributed by atoms with E-state index in [9.17, 15) is 0 Å². The standard InChI is InChI=1S/C16H26N2O2/c1-17-9-8-13-6-4-5-7-14(13)10-18-11-15(19-2)16(12-18)20-3/h4-7,15-17H,8-12H2,1-3H3. The average molecular weight is 278 g/mol. The zero-order chi connectivity index (χ0) is 14.4. The maximum atomic E-state index is 5.50. The van der Waals surface area contributed by atoms with Gasteiger partial charge in [0.25, 0.3) is 0 Å². The van der Waals surface area contributed by atoms with Gasteiger partial charge in [0.1, 0.15) is 0 Å². The van der Waals surface area contributed by atoms with Crippen molar-refractivity contribution in [2.24, 2.45) is 0 Å². The van der Waals surface area contributed by atoms with Gasteiger partial charge in [-0.1, -0.05) is 24.3 Å². The number of ether oxygens (including phenoxy) is 2. The molecule has 1 aromatic carbocycles. The van der Waals surface area contributed by atoms with E-state index in [2.05, 4.69) is 34.5 Å². The fraction of sp³-hybridized carbons (Fsp3) is 0.625. The highest BCUT2D eigenvalue weighted by Gasteiger charge is 2.32. The zero-order valence-electron chi connectivity index (χ0n) is 12.8. The maximum Gasteiger partial charge on any atom is 0.0971 e. The van der Waals surface area contributed by atoms with E-state index in [1.54, 1.807) is 14.2 Å². The van der Waals surface area contributed by atoms with Crippen LogP contribution in [0.2, 0.25) is 0 Å². The molecule has 4 heteroatoms. The van der Waals surface area contributed by atoms with Crippen LogP contribution in [0.25, 0.3) is 0 Å². The van der Waals surface area contributed by atoms with Crippen molar-refractivity contribution in [3.05, 3.63) is 35.4 Å². The van der Waals surface area contributed by atoms with Gasteiger partial charge in [0, 0.05) is 33.9 Å². The van der Waals surface area contributed by atoms with E-state index in [0.717, 1.165) is 32.6 Å². The highest BCUT2D eigenvalue weighted by atomic mass is 16.5. The van der Waals surface area contributed by atoms with Crippen molar-refractivity contribution in [1.82, 2.24) is 10.2 Å². The molecule has 0 radical (unpaired) electrons. The van der Waals surface area contributed by atoms with Crippen LogP contribution in [0.15, 0.2) is 24.3 Å². The molecule has 1 saturated heterocycles. The van der Waals surface area contributed by atoms with Crippen LogP contribution in [0, 0.1) is 0 Å². The second kappa shape index (κ2) is 7.74. The monoisotopic (exact) mass is 278 g/mol.